The summed E-state index contributed by atoms with van der Waals surface area (Å²) >= 11 is 5.41. The summed E-state index contributed by atoms with van der Waals surface area (Å²) in [6, 6.07) is 6.60. The molecular weight excluding hydrogens is 209 g/mol. The summed E-state index contributed by atoms with van der Waals surface area (Å²) < 4.78 is 13.0. The molecule has 0 bridgehead atoms. The third kappa shape index (κ3) is 2.61. The van der Waals surface area contributed by atoms with E-state index in [1.54, 1.807) is 6.07 Å². The van der Waals surface area contributed by atoms with Gasteiger partial charge in [0, 0.05) is 4.86 Å². The van der Waals surface area contributed by atoms with Crippen molar-refractivity contribution in [3.8, 4) is 0 Å². The van der Waals surface area contributed by atoms with Gasteiger partial charge in [-0.3, -0.25) is 0 Å². The minimum atomic E-state index is -0.205. The SMILES string of the molecule is Fc1cccc(C(=S)C2CCNCC2)c1. The summed E-state index contributed by atoms with van der Waals surface area (Å²) in [6.07, 6.45) is 2.13. The number of hydrogen-bond acceptors (Lipinski definition) is 2. The van der Waals surface area contributed by atoms with Crippen molar-refractivity contribution in [3.63, 3.8) is 0 Å². The molecule has 1 nitrogen and oxygen atoms in total. The fourth-order valence-electron chi connectivity index (χ4n) is 1.96. The van der Waals surface area contributed by atoms with Gasteiger partial charge in [0.1, 0.15) is 5.82 Å². The van der Waals surface area contributed by atoms with Gasteiger partial charge in [-0.25, -0.2) is 4.39 Å². The molecule has 0 saturated carbocycles. The first-order valence-corrected chi connectivity index (χ1v) is 5.69. The molecule has 1 heterocycles. The van der Waals surface area contributed by atoms with E-state index in [9.17, 15) is 4.39 Å². The summed E-state index contributed by atoms with van der Waals surface area (Å²) in [5.74, 6) is 0.229. The van der Waals surface area contributed by atoms with Crippen molar-refractivity contribution in [2.24, 2.45) is 5.92 Å². The van der Waals surface area contributed by atoms with Crippen LogP contribution in [0.25, 0.3) is 0 Å². The molecule has 1 aromatic carbocycles. The maximum absolute atomic E-state index is 13.0. The van der Waals surface area contributed by atoms with Gasteiger partial charge in [0.05, 0.1) is 0 Å². The van der Waals surface area contributed by atoms with E-state index >= 15 is 0 Å². The van der Waals surface area contributed by atoms with Crippen LogP contribution < -0.4 is 5.32 Å². The molecule has 0 amide bonds. The molecule has 80 valence electrons. The fourth-order valence-corrected chi connectivity index (χ4v) is 2.32. The Morgan fingerprint density at radius 3 is 2.73 bits per heavy atom. The van der Waals surface area contributed by atoms with Gasteiger partial charge in [0.15, 0.2) is 0 Å². The summed E-state index contributed by atoms with van der Waals surface area (Å²) in [7, 11) is 0. The predicted octanol–water partition coefficient (Wildman–Crippen LogP) is 2.54. The Morgan fingerprint density at radius 1 is 1.33 bits per heavy atom. The van der Waals surface area contributed by atoms with Gasteiger partial charge in [0.2, 0.25) is 0 Å². The van der Waals surface area contributed by atoms with Crippen LogP contribution in [0, 0.1) is 11.7 Å². The fraction of sp³-hybridized carbons (Fsp3) is 0.417. The zero-order chi connectivity index (χ0) is 10.7. The smallest absolute Gasteiger partial charge is 0.123 e. The first-order valence-electron chi connectivity index (χ1n) is 5.28. The number of hydrogen-bond donors (Lipinski definition) is 1. The third-order valence-electron chi connectivity index (χ3n) is 2.82. The molecule has 2 rings (SSSR count). The van der Waals surface area contributed by atoms with E-state index in [1.807, 2.05) is 6.07 Å². The molecule has 3 heteroatoms. The number of halogens is 1. The minimum Gasteiger partial charge on any atom is -0.317 e. The summed E-state index contributed by atoms with van der Waals surface area (Å²) in [5.41, 5.74) is 0.872. The topological polar surface area (TPSA) is 12.0 Å². The van der Waals surface area contributed by atoms with E-state index in [-0.39, 0.29) is 5.82 Å². The molecule has 0 aromatic heterocycles. The molecule has 0 atom stereocenters. The Morgan fingerprint density at radius 2 is 2.07 bits per heavy atom. The van der Waals surface area contributed by atoms with Crippen molar-refractivity contribution < 1.29 is 4.39 Å². The molecule has 1 saturated heterocycles. The second-order valence-electron chi connectivity index (χ2n) is 3.90. The molecule has 15 heavy (non-hydrogen) atoms. The monoisotopic (exact) mass is 223 g/mol. The molecule has 1 aromatic rings. The van der Waals surface area contributed by atoms with Crippen molar-refractivity contribution in [2.75, 3.05) is 13.1 Å². The van der Waals surface area contributed by atoms with Gasteiger partial charge in [-0.1, -0.05) is 24.4 Å². The van der Waals surface area contributed by atoms with Gasteiger partial charge in [-0.2, -0.15) is 0 Å². The molecule has 0 unspecified atom stereocenters. The summed E-state index contributed by atoms with van der Waals surface area (Å²) in [5, 5.41) is 3.30. The first kappa shape index (κ1) is 10.7. The first-order chi connectivity index (χ1) is 7.27. The van der Waals surface area contributed by atoms with E-state index in [2.05, 4.69) is 5.32 Å². The predicted molar refractivity (Wildman–Crippen MR) is 63.7 cm³/mol. The van der Waals surface area contributed by atoms with Crippen LogP contribution in [0.2, 0.25) is 0 Å². The minimum absolute atomic E-state index is 0.205. The average molecular weight is 223 g/mol. The molecule has 1 aliphatic rings. The number of piperidine rings is 1. The highest BCUT2D eigenvalue weighted by Crippen LogP contribution is 2.19. The number of nitrogens with one attached hydrogen (secondary N) is 1. The van der Waals surface area contributed by atoms with E-state index in [0.717, 1.165) is 36.4 Å². The van der Waals surface area contributed by atoms with Crippen molar-refractivity contribution in [1.29, 1.82) is 0 Å². The number of benzene rings is 1. The molecule has 1 aliphatic heterocycles. The van der Waals surface area contributed by atoms with E-state index < -0.39 is 0 Å². The van der Waals surface area contributed by atoms with Crippen molar-refractivity contribution >= 4 is 17.1 Å². The lowest BCUT2D eigenvalue weighted by molar-refractivity contribution is 0.460. The van der Waals surface area contributed by atoms with E-state index in [0.29, 0.717) is 5.92 Å². The Bertz CT molecular complexity index is 358. The average Bonchev–Trinajstić information content (AvgIpc) is 2.29. The molecule has 0 spiro atoms. The van der Waals surface area contributed by atoms with Crippen molar-refractivity contribution in [2.45, 2.75) is 12.8 Å². The van der Waals surface area contributed by atoms with Crippen molar-refractivity contribution in [3.05, 3.63) is 35.6 Å². The van der Waals surface area contributed by atoms with Gasteiger partial charge < -0.3 is 5.32 Å². The quantitative estimate of drug-likeness (QED) is 0.611. The maximum atomic E-state index is 13.0. The Labute approximate surface area is 94.7 Å². The number of rotatable bonds is 2. The van der Waals surface area contributed by atoms with Gasteiger partial charge >= 0.3 is 0 Å². The maximum Gasteiger partial charge on any atom is 0.123 e. The molecule has 1 N–H and O–H groups in total. The zero-order valence-electron chi connectivity index (χ0n) is 8.50. The largest absolute Gasteiger partial charge is 0.317 e. The Kier molecular flexibility index (Phi) is 3.44. The highest BCUT2D eigenvalue weighted by atomic mass is 32.1. The lowest BCUT2D eigenvalue weighted by Crippen LogP contribution is -2.31. The number of thiocarbonyl (C=S) groups is 1. The molecule has 0 aliphatic carbocycles. The highest BCUT2D eigenvalue weighted by Gasteiger charge is 2.18. The summed E-state index contributed by atoms with van der Waals surface area (Å²) in [4.78, 5) is 0.913. The van der Waals surface area contributed by atoms with Crippen LogP contribution in [0.4, 0.5) is 4.39 Å². The Balaban J connectivity index is 2.12. The molecule has 0 radical (unpaired) electrons. The normalized spacial score (nSPS) is 17.7. The van der Waals surface area contributed by atoms with Crippen LogP contribution in [-0.4, -0.2) is 18.0 Å². The van der Waals surface area contributed by atoms with E-state index in [4.69, 9.17) is 12.2 Å². The van der Waals surface area contributed by atoms with Crippen LogP contribution in [-0.2, 0) is 0 Å². The summed E-state index contributed by atoms with van der Waals surface area (Å²) in [6.45, 7) is 2.03. The van der Waals surface area contributed by atoms with Crippen LogP contribution >= 0.6 is 12.2 Å². The van der Waals surface area contributed by atoms with Crippen LogP contribution in [0.1, 0.15) is 18.4 Å². The third-order valence-corrected chi connectivity index (χ3v) is 3.39. The van der Waals surface area contributed by atoms with Gasteiger partial charge in [-0.05, 0) is 49.5 Å². The zero-order valence-corrected chi connectivity index (χ0v) is 9.32. The second kappa shape index (κ2) is 4.81. The lowest BCUT2D eigenvalue weighted by Gasteiger charge is -2.23. The van der Waals surface area contributed by atoms with Crippen LogP contribution in [0.5, 0.6) is 0 Å². The lowest BCUT2D eigenvalue weighted by atomic mass is 9.91. The van der Waals surface area contributed by atoms with Gasteiger partial charge in [-0.15, -0.1) is 0 Å². The van der Waals surface area contributed by atoms with Crippen LogP contribution in [0.15, 0.2) is 24.3 Å². The Hall–Kier alpha value is -0.800. The van der Waals surface area contributed by atoms with Crippen molar-refractivity contribution in [1.82, 2.24) is 5.32 Å². The van der Waals surface area contributed by atoms with E-state index in [1.165, 1.54) is 12.1 Å². The van der Waals surface area contributed by atoms with Gasteiger partial charge in [0.25, 0.3) is 0 Å². The molecular formula is C12H14FNS. The highest BCUT2D eigenvalue weighted by molar-refractivity contribution is 7.80. The molecule has 1 fully saturated rings. The van der Waals surface area contributed by atoms with Crippen LogP contribution in [0.3, 0.4) is 0 Å². The second-order valence-corrected chi connectivity index (χ2v) is 4.34. The standard InChI is InChI=1S/C12H14FNS/c13-11-3-1-2-10(8-11)12(15)9-4-6-14-7-5-9/h1-3,8-9,14H,4-7H2.